The van der Waals surface area contributed by atoms with Crippen LogP contribution in [0.5, 0.6) is 0 Å². The van der Waals surface area contributed by atoms with Crippen LogP contribution in [-0.2, 0) is 0 Å². The first-order valence-electron chi connectivity index (χ1n) is 3.36. The van der Waals surface area contributed by atoms with Crippen LogP contribution in [0.4, 0.5) is 0 Å². The molecule has 9 heavy (non-hydrogen) atoms. The summed E-state index contributed by atoms with van der Waals surface area (Å²) in [5.41, 5.74) is 5.76. The average Bonchev–Trinajstić information content (AvgIpc) is 1.80. The van der Waals surface area contributed by atoms with E-state index in [1.807, 2.05) is 0 Å². The van der Waals surface area contributed by atoms with E-state index in [2.05, 4.69) is 28.2 Å². The molecular formula is C6H13BrN2. The van der Waals surface area contributed by atoms with E-state index in [1.165, 1.54) is 0 Å². The van der Waals surface area contributed by atoms with Gasteiger partial charge in [-0.1, -0.05) is 15.9 Å². The standard InChI is InChI=1S/C6H13BrN2/c1-4-5(8)2-3-6(7)9-4/h4-6,9H,2-3,8H2,1H3. The molecule has 0 aromatic carbocycles. The summed E-state index contributed by atoms with van der Waals surface area (Å²) >= 11 is 3.49. The lowest BCUT2D eigenvalue weighted by atomic mass is 10.0. The van der Waals surface area contributed by atoms with E-state index < -0.39 is 0 Å². The predicted molar refractivity (Wildman–Crippen MR) is 42.5 cm³/mol. The Hall–Kier alpha value is 0.400. The Kier molecular flexibility index (Phi) is 2.50. The van der Waals surface area contributed by atoms with Crippen LogP contribution in [0.15, 0.2) is 0 Å². The minimum absolute atomic E-state index is 0.346. The van der Waals surface area contributed by atoms with E-state index in [1.54, 1.807) is 0 Å². The fourth-order valence-corrected chi connectivity index (χ4v) is 1.76. The first-order chi connectivity index (χ1) is 4.20. The zero-order valence-corrected chi connectivity index (χ0v) is 7.19. The molecule has 0 aliphatic carbocycles. The Morgan fingerprint density at radius 3 is 2.67 bits per heavy atom. The summed E-state index contributed by atoms with van der Waals surface area (Å²) in [7, 11) is 0. The van der Waals surface area contributed by atoms with Crippen molar-refractivity contribution >= 4 is 15.9 Å². The second-order valence-corrected chi connectivity index (χ2v) is 3.77. The lowest BCUT2D eigenvalue weighted by Gasteiger charge is -2.30. The maximum atomic E-state index is 5.76. The van der Waals surface area contributed by atoms with Crippen molar-refractivity contribution in [2.24, 2.45) is 5.73 Å². The fourth-order valence-electron chi connectivity index (χ4n) is 1.08. The minimum atomic E-state index is 0.346. The van der Waals surface area contributed by atoms with E-state index >= 15 is 0 Å². The predicted octanol–water partition coefficient (Wildman–Crippen LogP) is 0.807. The van der Waals surface area contributed by atoms with Gasteiger partial charge >= 0.3 is 0 Å². The summed E-state index contributed by atoms with van der Waals surface area (Å²) in [5.74, 6) is 0. The second kappa shape index (κ2) is 2.99. The van der Waals surface area contributed by atoms with Gasteiger partial charge in [0.1, 0.15) is 0 Å². The van der Waals surface area contributed by atoms with E-state index in [0.717, 1.165) is 12.8 Å². The Bertz CT molecular complexity index is 97.1. The van der Waals surface area contributed by atoms with Crippen LogP contribution in [0.1, 0.15) is 19.8 Å². The van der Waals surface area contributed by atoms with Crippen molar-refractivity contribution in [1.29, 1.82) is 0 Å². The zero-order chi connectivity index (χ0) is 6.85. The molecule has 0 spiro atoms. The van der Waals surface area contributed by atoms with Gasteiger partial charge in [-0.05, 0) is 19.8 Å². The summed E-state index contributed by atoms with van der Waals surface area (Å²) in [5, 5.41) is 3.32. The van der Waals surface area contributed by atoms with Gasteiger partial charge in [0.2, 0.25) is 0 Å². The Morgan fingerprint density at radius 2 is 2.22 bits per heavy atom. The van der Waals surface area contributed by atoms with Gasteiger partial charge in [-0.2, -0.15) is 0 Å². The Labute approximate surface area is 64.3 Å². The SMILES string of the molecule is CC1NC(Br)CCC1N. The molecule has 0 radical (unpaired) electrons. The molecule has 1 aliphatic heterocycles. The molecule has 0 bridgehead atoms. The van der Waals surface area contributed by atoms with Crippen LogP contribution in [-0.4, -0.2) is 17.0 Å². The number of rotatable bonds is 0. The molecule has 3 atom stereocenters. The normalized spacial score (nSPS) is 45.0. The highest BCUT2D eigenvalue weighted by Crippen LogP contribution is 2.15. The maximum Gasteiger partial charge on any atom is 0.0633 e. The molecule has 0 aromatic rings. The van der Waals surface area contributed by atoms with Crippen molar-refractivity contribution in [2.45, 2.75) is 36.8 Å². The van der Waals surface area contributed by atoms with Crippen molar-refractivity contribution in [1.82, 2.24) is 5.32 Å². The smallest absolute Gasteiger partial charge is 0.0633 e. The molecule has 1 aliphatic rings. The molecule has 1 heterocycles. The molecule has 1 rings (SSSR count). The number of hydrogen-bond donors (Lipinski definition) is 2. The highest BCUT2D eigenvalue weighted by atomic mass is 79.9. The molecule has 2 nitrogen and oxygen atoms in total. The number of nitrogens with two attached hydrogens (primary N) is 1. The van der Waals surface area contributed by atoms with Gasteiger partial charge < -0.3 is 11.1 Å². The van der Waals surface area contributed by atoms with Gasteiger partial charge in [0.05, 0.1) is 4.95 Å². The number of halogens is 1. The van der Waals surface area contributed by atoms with Gasteiger partial charge in [0, 0.05) is 12.1 Å². The molecule has 1 fully saturated rings. The first-order valence-corrected chi connectivity index (χ1v) is 4.27. The van der Waals surface area contributed by atoms with Crippen LogP contribution in [0.25, 0.3) is 0 Å². The topological polar surface area (TPSA) is 38.0 Å². The first kappa shape index (κ1) is 7.51. The van der Waals surface area contributed by atoms with Crippen molar-refractivity contribution in [3.8, 4) is 0 Å². The number of hydrogen-bond acceptors (Lipinski definition) is 2. The molecule has 0 saturated carbocycles. The van der Waals surface area contributed by atoms with Gasteiger partial charge in [0.15, 0.2) is 0 Å². The molecule has 0 amide bonds. The van der Waals surface area contributed by atoms with Gasteiger partial charge in [0.25, 0.3) is 0 Å². The van der Waals surface area contributed by atoms with Crippen molar-refractivity contribution in [2.75, 3.05) is 0 Å². The molecular weight excluding hydrogens is 180 g/mol. The third-order valence-corrected chi connectivity index (χ3v) is 2.56. The highest BCUT2D eigenvalue weighted by Gasteiger charge is 2.21. The van der Waals surface area contributed by atoms with Crippen molar-refractivity contribution in [3.63, 3.8) is 0 Å². The summed E-state index contributed by atoms with van der Waals surface area (Å²) in [6.45, 7) is 2.12. The third kappa shape index (κ3) is 1.92. The largest absolute Gasteiger partial charge is 0.326 e. The summed E-state index contributed by atoms with van der Waals surface area (Å²) in [4.78, 5) is 0.479. The highest BCUT2D eigenvalue weighted by molar-refractivity contribution is 9.09. The Balaban J connectivity index is 2.35. The molecule has 1 saturated heterocycles. The second-order valence-electron chi connectivity index (χ2n) is 2.66. The quantitative estimate of drug-likeness (QED) is 0.441. The monoisotopic (exact) mass is 192 g/mol. The number of nitrogens with one attached hydrogen (secondary N) is 1. The van der Waals surface area contributed by atoms with E-state index in [4.69, 9.17) is 5.73 Å². The molecule has 3 N–H and O–H groups in total. The molecule has 54 valence electrons. The van der Waals surface area contributed by atoms with Crippen LogP contribution in [0.2, 0.25) is 0 Å². The van der Waals surface area contributed by atoms with Crippen LogP contribution < -0.4 is 11.1 Å². The van der Waals surface area contributed by atoms with Gasteiger partial charge in [-0.15, -0.1) is 0 Å². The van der Waals surface area contributed by atoms with Gasteiger partial charge in [-0.25, -0.2) is 0 Å². The molecule has 0 aromatic heterocycles. The van der Waals surface area contributed by atoms with E-state index in [9.17, 15) is 0 Å². The Morgan fingerprint density at radius 1 is 1.56 bits per heavy atom. The fraction of sp³-hybridized carbons (Fsp3) is 1.00. The van der Waals surface area contributed by atoms with Crippen LogP contribution in [0.3, 0.4) is 0 Å². The average molecular weight is 193 g/mol. The summed E-state index contributed by atoms with van der Waals surface area (Å²) in [6.07, 6.45) is 2.27. The maximum absolute atomic E-state index is 5.76. The number of piperidine rings is 1. The van der Waals surface area contributed by atoms with Crippen molar-refractivity contribution < 1.29 is 0 Å². The number of alkyl halides is 1. The molecule has 3 unspecified atom stereocenters. The van der Waals surface area contributed by atoms with Crippen molar-refractivity contribution in [3.05, 3.63) is 0 Å². The van der Waals surface area contributed by atoms with Crippen LogP contribution in [0, 0.1) is 0 Å². The zero-order valence-electron chi connectivity index (χ0n) is 5.60. The van der Waals surface area contributed by atoms with E-state index in [-0.39, 0.29) is 0 Å². The molecule has 3 heteroatoms. The summed E-state index contributed by atoms with van der Waals surface area (Å²) in [6, 6.07) is 0.807. The lowest BCUT2D eigenvalue weighted by molar-refractivity contribution is 0.357. The van der Waals surface area contributed by atoms with Gasteiger partial charge in [-0.3, -0.25) is 0 Å². The summed E-state index contributed by atoms with van der Waals surface area (Å²) < 4.78 is 0. The lowest BCUT2D eigenvalue weighted by Crippen LogP contribution is -2.50. The van der Waals surface area contributed by atoms with Crippen LogP contribution >= 0.6 is 15.9 Å². The van der Waals surface area contributed by atoms with E-state index in [0.29, 0.717) is 17.0 Å². The third-order valence-electron chi connectivity index (χ3n) is 1.84. The minimum Gasteiger partial charge on any atom is -0.326 e.